The van der Waals surface area contributed by atoms with E-state index in [0.29, 0.717) is 30.1 Å². The number of rotatable bonds is 7. The van der Waals surface area contributed by atoms with E-state index in [4.69, 9.17) is 15.7 Å². The van der Waals surface area contributed by atoms with Crippen molar-refractivity contribution in [2.24, 2.45) is 18.7 Å². The monoisotopic (exact) mass is 503 g/mol. The van der Waals surface area contributed by atoms with Gasteiger partial charge in [0.05, 0.1) is 22.8 Å². The molecule has 0 unspecified atom stereocenters. The van der Waals surface area contributed by atoms with Crippen molar-refractivity contribution in [3.63, 3.8) is 0 Å². The molecular formula is C27H30FN7O2. The van der Waals surface area contributed by atoms with Gasteiger partial charge in [-0.25, -0.2) is 14.4 Å². The number of hydrogen-bond acceptors (Lipinski definition) is 5. The normalized spacial score (nSPS) is 16.4. The Labute approximate surface area is 213 Å². The number of carbonyl (C=O) groups is 2. The van der Waals surface area contributed by atoms with Crippen LogP contribution in [-0.4, -0.2) is 68.7 Å². The first-order chi connectivity index (χ1) is 17.9. The minimum Gasteiger partial charge on any atom is -0.354 e. The number of halogens is 1. The van der Waals surface area contributed by atoms with Crippen LogP contribution in [0.25, 0.3) is 33.6 Å². The molecule has 0 saturated heterocycles. The van der Waals surface area contributed by atoms with Crippen LogP contribution in [-0.2, 0) is 20.0 Å². The Balaban J connectivity index is 1.45. The molecule has 4 heterocycles. The molecule has 2 aliphatic rings. The van der Waals surface area contributed by atoms with E-state index in [9.17, 15) is 14.0 Å². The highest BCUT2D eigenvalue weighted by molar-refractivity contribution is 6.01. The number of aromatic nitrogens is 4. The van der Waals surface area contributed by atoms with Gasteiger partial charge in [0.1, 0.15) is 18.0 Å². The second-order valence-corrected chi connectivity index (χ2v) is 10.2. The van der Waals surface area contributed by atoms with Crippen LogP contribution in [0.5, 0.6) is 0 Å². The van der Waals surface area contributed by atoms with E-state index in [2.05, 4.69) is 20.5 Å². The third-order valence-corrected chi connectivity index (χ3v) is 7.50. The van der Waals surface area contributed by atoms with Gasteiger partial charge in [-0.3, -0.25) is 9.59 Å². The van der Waals surface area contributed by atoms with E-state index in [1.807, 2.05) is 25.2 Å². The number of amides is 2. The van der Waals surface area contributed by atoms with Crippen LogP contribution in [0.4, 0.5) is 4.39 Å². The standard InChI is InChI=1S/C27H30FN7O2/c1-30-26(36)20-6-5-17-10-23(35(24(17)31-20)13-15-3-4-15)25-32-21-11-19-16(9-22(21)33(25)2)7-8-34(27(19)37)14-18(29)12-28/h5-6,9-11,15,18H,3-4,7-8,12-14,29H2,1-2H3,(H,30,36)/t18-/m1/s1. The van der Waals surface area contributed by atoms with Gasteiger partial charge in [-0.1, -0.05) is 0 Å². The number of nitrogens with two attached hydrogens (primary N) is 1. The van der Waals surface area contributed by atoms with Gasteiger partial charge in [0, 0.05) is 44.7 Å². The summed E-state index contributed by atoms with van der Waals surface area (Å²) in [6.45, 7) is 0.871. The van der Waals surface area contributed by atoms with Gasteiger partial charge in [0.15, 0.2) is 5.82 Å². The lowest BCUT2D eigenvalue weighted by Crippen LogP contribution is -2.45. The van der Waals surface area contributed by atoms with Gasteiger partial charge < -0.3 is 25.1 Å². The molecule has 2 amide bonds. The Morgan fingerprint density at radius 1 is 1.24 bits per heavy atom. The number of carbonyl (C=O) groups excluding carboxylic acids is 2. The lowest BCUT2D eigenvalue weighted by Gasteiger charge is -2.30. The Morgan fingerprint density at radius 3 is 2.78 bits per heavy atom. The second kappa shape index (κ2) is 8.95. The molecule has 1 aliphatic carbocycles. The molecule has 0 bridgehead atoms. The Hall–Kier alpha value is -3.79. The summed E-state index contributed by atoms with van der Waals surface area (Å²) in [5.41, 5.74) is 11.1. The van der Waals surface area contributed by atoms with Crippen LogP contribution >= 0.6 is 0 Å². The maximum atomic E-state index is 13.2. The van der Waals surface area contributed by atoms with Crippen molar-refractivity contribution in [2.45, 2.75) is 31.8 Å². The summed E-state index contributed by atoms with van der Waals surface area (Å²) < 4.78 is 17.2. The molecule has 6 rings (SSSR count). The molecule has 10 heteroatoms. The zero-order chi connectivity index (χ0) is 25.8. The summed E-state index contributed by atoms with van der Waals surface area (Å²) in [6.07, 6.45) is 3.03. The van der Waals surface area contributed by atoms with Crippen LogP contribution in [0, 0.1) is 5.92 Å². The molecule has 0 spiro atoms. The summed E-state index contributed by atoms with van der Waals surface area (Å²) in [4.78, 5) is 36.7. The number of nitrogens with one attached hydrogen (secondary N) is 1. The summed E-state index contributed by atoms with van der Waals surface area (Å²) >= 11 is 0. The fraction of sp³-hybridized carbons (Fsp3) is 0.407. The average Bonchev–Trinajstić information content (AvgIpc) is 3.59. The van der Waals surface area contributed by atoms with E-state index >= 15 is 0 Å². The first-order valence-corrected chi connectivity index (χ1v) is 12.7. The number of benzene rings is 1. The summed E-state index contributed by atoms with van der Waals surface area (Å²) in [5, 5.41) is 3.60. The fourth-order valence-electron chi connectivity index (χ4n) is 5.26. The maximum absolute atomic E-state index is 13.2. The Morgan fingerprint density at radius 2 is 2.05 bits per heavy atom. The largest absolute Gasteiger partial charge is 0.354 e. The van der Waals surface area contributed by atoms with Crippen molar-refractivity contribution >= 4 is 33.9 Å². The maximum Gasteiger partial charge on any atom is 0.269 e. The molecule has 37 heavy (non-hydrogen) atoms. The SMILES string of the molecule is CNC(=O)c1ccc2cc(-c3nc4cc5c(cc4n3C)CCN(C[C@H](N)CF)C5=O)n(CC3CC3)c2n1. The summed E-state index contributed by atoms with van der Waals surface area (Å²) in [7, 11) is 3.58. The molecule has 3 aromatic heterocycles. The van der Waals surface area contributed by atoms with Crippen LogP contribution in [0.1, 0.15) is 39.3 Å². The zero-order valence-electron chi connectivity index (χ0n) is 21.0. The number of hydrogen-bond donors (Lipinski definition) is 2. The van der Waals surface area contributed by atoms with Crippen LogP contribution in [0.15, 0.2) is 30.3 Å². The van der Waals surface area contributed by atoms with Gasteiger partial charge in [-0.05, 0) is 61.1 Å². The lowest BCUT2D eigenvalue weighted by atomic mass is 9.97. The zero-order valence-corrected chi connectivity index (χ0v) is 21.0. The summed E-state index contributed by atoms with van der Waals surface area (Å²) in [6, 6.07) is 8.95. The van der Waals surface area contributed by atoms with Crippen molar-refractivity contribution in [1.29, 1.82) is 0 Å². The van der Waals surface area contributed by atoms with Gasteiger partial charge in [0.25, 0.3) is 11.8 Å². The van der Waals surface area contributed by atoms with E-state index < -0.39 is 12.7 Å². The average molecular weight is 504 g/mol. The molecular weight excluding hydrogens is 473 g/mol. The highest BCUT2D eigenvalue weighted by Gasteiger charge is 2.29. The quantitative estimate of drug-likeness (QED) is 0.403. The van der Waals surface area contributed by atoms with Gasteiger partial charge in [-0.2, -0.15) is 0 Å². The number of imidazole rings is 1. The third kappa shape index (κ3) is 4.05. The minimum absolute atomic E-state index is 0.131. The van der Waals surface area contributed by atoms with Crippen molar-refractivity contribution < 1.29 is 14.0 Å². The Bertz CT molecular complexity index is 1550. The number of fused-ring (bicyclic) bond motifs is 3. The molecule has 4 aromatic rings. The van der Waals surface area contributed by atoms with Crippen molar-refractivity contribution in [3.8, 4) is 11.5 Å². The topological polar surface area (TPSA) is 111 Å². The van der Waals surface area contributed by atoms with Gasteiger partial charge in [-0.15, -0.1) is 0 Å². The highest BCUT2D eigenvalue weighted by Crippen LogP contribution is 2.36. The highest BCUT2D eigenvalue weighted by atomic mass is 19.1. The van der Waals surface area contributed by atoms with Crippen LogP contribution in [0.2, 0.25) is 0 Å². The van der Waals surface area contributed by atoms with Crippen LogP contribution in [0.3, 0.4) is 0 Å². The number of alkyl halides is 1. The van der Waals surface area contributed by atoms with Gasteiger partial charge in [0.2, 0.25) is 0 Å². The molecule has 1 atom stereocenters. The molecule has 1 aromatic carbocycles. The smallest absolute Gasteiger partial charge is 0.269 e. The lowest BCUT2D eigenvalue weighted by molar-refractivity contribution is 0.0725. The molecule has 192 valence electrons. The van der Waals surface area contributed by atoms with E-state index in [0.717, 1.165) is 45.7 Å². The number of pyridine rings is 1. The Kier molecular flexibility index (Phi) is 5.71. The molecule has 0 radical (unpaired) electrons. The second-order valence-electron chi connectivity index (χ2n) is 10.2. The summed E-state index contributed by atoms with van der Waals surface area (Å²) in [5.74, 6) is 1.01. The molecule has 9 nitrogen and oxygen atoms in total. The number of aryl methyl sites for hydroxylation is 1. The first-order valence-electron chi connectivity index (χ1n) is 12.7. The minimum atomic E-state index is -0.679. The predicted molar refractivity (Wildman–Crippen MR) is 139 cm³/mol. The van der Waals surface area contributed by atoms with Crippen LogP contribution < -0.4 is 11.1 Å². The van der Waals surface area contributed by atoms with E-state index in [1.54, 1.807) is 18.0 Å². The molecule has 1 saturated carbocycles. The van der Waals surface area contributed by atoms with E-state index in [1.165, 1.54) is 12.8 Å². The van der Waals surface area contributed by atoms with Crippen molar-refractivity contribution in [1.82, 2.24) is 29.3 Å². The molecule has 1 aliphatic heterocycles. The first kappa shape index (κ1) is 23.6. The third-order valence-electron chi connectivity index (χ3n) is 7.50. The molecule has 1 fully saturated rings. The predicted octanol–water partition coefficient (Wildman–Crippen LogP) is 2.65. The van der Waals surface area contributed by atoms with Crippen molar-refractivity contribution in [2.75, 3.05) is 26.8 Å². The van der Waals surface area contributed by atoms with Crippen molar-refractivity contribution in [3.05, 3.63) is 47.2 Å². The van der Waals surface area contributed by atoms with Gasteiger partial charge >= 0.3 is 0 Å². The van der Waals surface area contributed by atoms with E-state index in [-0.39, 0.29) is 18.4 Å². The number of nitrogens with zero attached hydrogens (tertiary/aromatic N) is 5. The fourth-order valence-corrected chi connectivity index (χ4v) is 5.26. The molecule has 3 N–H and O–H groups in total.